The van der Waals surface area contributed by atoms with Crippen molar-refractivity contribution in [2.75, 3.05) is 0 Å². The minimum atomic E-state index is -0.536. The molecule has 3 aromatic rings. The molecular weight excluding hydrogens is 371 g/mol. The number of hydrogen-bond donors (Lipinski definition) is 1. The first-order chi connectivity index (χ1) is 11.5. The summed E-state index contributed by atoms with van der Waals surface area (Å²) < 4.78 is 14.7. The van der Waals surface area contributed by atoms with Crippen molar-refractivity contribution in [3.05, 3.63) is 80.3 Å². The van der Waals surface area contributed by atoms with Crippen LogP contribution in [0.2, 0.25) is 0 Å². The number of benzene rings is 2. The van der Waals surface area contributed by atoms with E-state index in [9.17, 15) is 14.4 Å². The third-order valence-corrected chi connectivity index (χ3v) is 4.33. The van der Waals surface area contributed by atoms with Crippen LogP contribution in [0.3, 0.4) is 0 Å². The first kappa shape index (κ1) is 16.2. The number of aromatic nitrogens is 1. The van der Waals surface area contributed by atoms with Crippen molar-refractivity contribution in [2.24, 2.45) is 0 Å². The molecule has 0 aliphatic rings. The lowest BCUT2D eigenvalue weighted by Crippen LogP contribution is -2.13. The minimum absolute atomic E-state index is 0.108. The highest BCUT2D eigenvalue weighted by atomic mass is 79.9. The Hall–Kier alpha value is -2.71. The first-order valence-electron chi connectivity index (χ1n) is 7.20. The monoisotopic (exact) mass is 382 g/mol. The van der Waals surface area contributed by atoms with Gasteiger partial charge in [0.2, 0.25) is 0 Å². The Balaban J connectivity index is 2.31. The Bertz CT molecular complexity index is 1030. The molecule has 0 bridgehead atoms. The van der Waals surface area contributed by atoms with Crippen LogP contribution < -0.4 is 5.56 Å². The number of nitrogens with zero attached hydrogens (tertiary/aromatic N) is 1. The number of H-pyrrole nitrogens is 1. The van der Waals surface area contributed by atoms with Crippen molar-refractivity contribution in [1.82, 2.24) is 4.98 Å². The van der Waals surface area contributed by atoms with Crippen molar-refractivity contribution in [3.8, 4) is 28.5 Å². The number of aryl methyl sites for hydroxylation is 1. The fraction of sp³-hybridized carbons (Fsp3) is 0.0526. The van der Waals surface area contributed by atoms with Gasteiger partial charge in [-0.05, 0) is 46.6 Å². The molecule has 3 nitrogen and oxygen atoms in total. The molecule has 1 aromatic heterocycles. The van der Waals surface area contributed by atoms with E-state index >= 15 is 0 Å². The quantitative estimate of drug-likeness (QED) is 0.692. The molecule has 2 aromatic carbocycles. The van der Waals surface area contributed by atoms with Gasteiger partial charge in [-0.3, -0.25) is 4.79 Å². The predicted molar refractivity (Wildman–Crippen MR) is 95.0 cm³/mol. The van der Waals surface area contributed by atoms with Crippen LogP contribution in [-0.4, -0.2) is 4.98 Å². The van der Waals surface area contributed by atoms with Gasteiger partial charge in [0.25, 0.3) is 5.56 Å². The van der Waals surface area contributed by atoms with Crippen LogP contribution >= 0.6 is 15.9 Å². The van der Waals surface area contributed by atoms with E-state index < -0.39 is 11.4 Å². The van der Waals surface area contributed by atoms with Crippen LogP contribution in [0.15, 0.2) is 57.8 Å². The van der Waals surface area contributed by atoms with Gasteiger partial charge in [-0.25, -0.2) is 4.39 Å². The predicted octanol–water partition coefficient (Wildman–Crippen LogP) is 4.79. The molecule has 0 radical (unpaired) electrons. The highest BCUT2D eigenvalue weighted by molar-refractivity contribution is 9.10. The van der Waals surface area contributed by atoms with Crippen molar-refractivity contribution >= 4 is 15.9 Å². The number of hydrogen-bond acceptors (Lipinski definition) is 2. The number of halogens is 2. The molecule has 5 heteroatoms. The summed E-state index contributed by atoms with van der Waals surface area (Å²) in [6.07, 6.45) is 0. The molecule has 1 heterocycles. The lowest BCUT2D eigenvalue weighted by molar-refractivity contribution is 0.624. The van der Waals surface area contributed by atoms with Gasteiger partial charge in [-0.15, -0.1) is 0 Å². The summed E-state index contributed by atoms with van der Waals surface area (Å²) in [5.74, 6) is -0.505. The van der Waals surface area contributed by atoms with Gasteiger partial charge in [0, 0.05) is 16.8 Å². The Morgan fingerprint density at radius 1 is 1.12 bits per heavy atom. The molecule has 118 valence electrons. The molecule has 0 saturated heterocycles. The first-order valence-corrected chi connectivity index (χ1v) is 7.99. The third-order valence-electron chi connectivity index (χ3n) is 3.72. The van der Waals surface area contributed by atoms with Crippen LogP contribution in [0.25, 0.3) is 22.4 Å². The third kappa shape index (κ3) is 2.89. The zero-order chi connectivity index (χ0) is 17.3. The second kappa shape index (κ2) is 6.42. The summed E-state index contributed by atoms with van der Waals surface area (Å²) in [5, 5.41) is 9.32. The van der Waals surface area contributed by atoms with Gasteiger partial charge >= 0.3 is 0 Å². The van der Waals surface area contributed by atoms with E-state index in [1.54, 1.807) is 24.3 Å². The molecular formula is C19H12BrFN2O. The Morgan fingerprint density at radius 2 is 1.88 bits per heavy atom. The number of pyridine rings is 1. The summed E-state index contributed by atoms with van der Waals surface area (Å²) >= 11 is 3.14. The molecule has 0 unspecified atom stereocenters. The van der Waals surface area contributed by atoms with Crippen LogP contribution in [0.5, 0.6) is 0 Å². The smallest absolute Gasteiger partial charge is 0.266 e. The van der Waals surface area contributed by atoms with Crippen LogP contribution in [0, 0.1) is 24.1 Å². The molecule has 1 N–H and O–H groups in total. The standard InChI is InChI=1S/C19H12BrFN2O/c1-11-4-2-5-12(8-11)17-9-14(15(10-22)19(24)23-17)13-6-3-7-16(20)18(13)21/h2-9H,1H3,(H,23,24). The summed E-state index contributed by atoms with van der Waals surface area (Å²) in [6, 6.07) is 15.9. The van der Waals surface area contributed by atoms with E-state index in [-0.39, 0.29) is 21.2 Å². The number of rotatable bonds is 2. The van der Waals surface area contributed by atoms with Gasteiger partial charge in [0.05, 0.1) is 4.47 Å². The van der Waals surface area contributed by atoms with E-state index in [1.807, 2.05) is 37.3 Å². The van der Waals surface area contributed by atoms with Crippen LogP contribution in [0.1, 0.15) is 11.1 Å². The summed E-state index contributed by atoms with van der Waals surface area (Å²) in [7, 11) is 0. The fourth-order valence-electron chi connectivity index (χ4n) is 2.56. The molecule has 0 amide bonds. The molecule has 0 aliphatic carbocycles. The largest absolute Gasteiger partial charge is 0.321 e. The molecule has 3 rings (SSSR count). The summed E-state index contributed by atoms with van der Waals surface area (Å²) in [5.41, 5.74) is 2.21. The highest BCUT2D eigenvalue weighted by Gasteiger charge is 2.16. The molecule has 0 spiro atoms. The van der Waals surface area contributed by atoms with Gasteiger partial charge in [-0.2, -0.15) is 5.26 Å². The van der Waals surface area contributed by atoms with E-state index in [0.717, 1.165) is 11.1 Å². The highest BCUT2D eigenvalue weighted by Crippen LogP contribution is 2.31. The average molecular weight is 383 g/mol. The van der Waals surface area contributed by atoms with Gasteiger partial charge in [-0.1, -0.05) is 35.9 Å². The zero-order valence-corrected chi connectivity index (χ0v) is 14.3. The number of aromatic amines is 1. The molecule has 0 aliphatic heterocycles. The van der Waals surface area contributed by atoms with Crippen LogP contribution in [-0.2, 0) is 0 Å². The minimum Gasteiger partial charge on any atom is -0.321 e. The maximum absolute atomic E-state index is 14.5. The second-order valence-electron chi connectivity index (χ2n) is 5.38. The number of nitrogens with one attached hydrogen (secondary N) is 1. The van der Waals surface area contributed by atoms with Crippen molar-refractivity contribution < 1.29 is 4.39 Å². The fourth-order valence-corrected chi connectivity index (χ4v) is 2.93. The Kier molecular flexibility index (Phi) is 4.32. The lowest BCUT2D eigenvalue weighted by atomic mass is 9.98. The lowest BCUT2D eigenvalue weighted by Gasteiger charge is -2.10. The maximum atomic E-state index is 14.5. The van der Waals surface area contributed by atoms with Gasteiger partial charge < -0.3 is 4.98 Å². The van der Waals surface area contributed by atoms with Gasteiger partial charge in [0.1, 0.15) is 17.4 Å². The second-order valence-corrected chi connectivity index (χ2v) is 6.24. The van der Waals surface area contributed by atoms with E-state index in [4.69, 9.17) is 0 Å². The van der Waals surface area contributed by atoms with E-state index in [0.29, 0.717) is 5.69 Å². The molecule has 0 saturated carbocycles. The topological polar surface area (TPSA) is 56.6 Å². The van der Waals surface area contributed by atoms with E-state index in [1.165, 1.54) is 0 Å². The SMILES string of the molecule is Cc1cccc(-c2cc(-c3cccc(Br)c3F)c(C#N)c(=O)[nH]2)c1. The van der Waals surface area contributed by atoms with Crippen molar-refractivity contribution in [1.29, 1.82) is 5.26 Å². The average Bonchev–Trinajstić information content (AvgIpc) is 2.56. The van der Waals surface area contributed by atoms with Crippen LogP contribution in [0.4, 0.5) is 4.39 Å². The maximum Gasteiger partial charge on any atom is 0.266 e. The zero-order valence-electron chi connectivity index (χ0n) is 12.7. The summed E-state index contributed by atoms with van der Waals surface area (Å²) in [6.45, 7) is 1.94. The molecule has 24 heavy (non-hydrogen) atoms. The molecule has 0 fully saturated rings. The van der Waals surface area contributed by atoms with Crippen molar-refractivity contribution in [2.45, 2.75) is 6.92 Å². The molecule has 0 atom stereocenters. The van der Waals surface area contributed by atoms with Crippen molar-refractivity contribution in [3.63, 3.8) is 0 Å². The Labute approximate surface area is 146 Å². The Morgan fingerprint density at radius 3 is 2.58 bits per heavy atom. The van der Waals surface area contributed by atoms with E-state index in [2.05, 4.69) is 20.9 Å². The van der Waals surface area contributed by atoms with Gasteiger partial charge in [0.15, 0.2) is 0 Å². The normalized spacial score (nSPS) is 10.4. The number of nitriles is 1. The summed E-state index contributed by atoms with van der Waals surface area (Å²) in [4.78, 5) is 15.0.